The van der Waals surface area contributed by atoms with Crippen LogP contribution >= 0.6 is 0 Å². The van der Waals surface area contributed by atoms with Gasteiger partial charge < -0.3 is 19.6 Å². The molecule has 34 heavy (non-hydrogen) atoms. The van der Waals surface area contributed by atoms with Gasteiger partial charge in [-0.15, -0.1) is 0 Å². The molecule has 0 atom stereocenters. The lowest BCUT2D eigenvalue weighted by Gasteiger charge is -2.24. The quantitative estimate of drug-likeness (QED) is 0.488. The molecule has 0 aliphatic carbocycles. The molecule has 3 rings (SSSR count). The number of aromatic nitrogens is 2. The predicted molar refractivity (Wildman–Crippen MR) is 131 cm³/mol. The second kappa shape index (κ2) is 11.3. The average Bonchev–Trinajstić information content (AvgIpc) is 2.81. The summed E-state index contributed by atoms with van der Waals surface area (Å²) in [4.78, 5) is 36.4. The van der Waals surface area contributed by atoms with Crippen molar-refractivity contribution in [2.45, 2.75) is 26.7 Å². The highest BCUT2D eigenvalue weighted by Gasteiger charge is 2.21. The number of hydrogen-bond acceptors (Lipinski definition) is 6. The van der Waals surface area contributed by atoms with Crippen LogP contribution in [0.4, 0.5) is 11.6 Å². The van der Waals surface area contributed by atoms with Crippen molar-refractivity contribution in [1.82, 2.24) is 14.9 Å². The number of carboxylic acid groups (broad SMARTS) is 1. The van der Waals surface area contributed by atoms with Crippen LogP contribution in [0.3, 0.4) is 0 Å². The van der Waals surface area contributed by atoms with Gasteiger partial charge >= 0.3 is 5.97 Å². The van der Waals surface area contributed by atoms with Crippen molar-refractivity contribution in [1.29, 1.82) is 0 Å². The Hall–Kier alpha value is -3.94. The number of carboxylic acids is 1. The molecule has 8 heteroatoms. The Kier molecular flexibility index (Phi) is 8.19. The number of anilines is 2. The van der Waals surface area contributed by atoms with Gasteiger partial charge in [-0.2, -0.15) is 0 Å². The fraction of sp³-hybridized carbons (Fsp3) is 0.308. The summed E-state index contributed by atoms with van der Waals surface area (Å²) in [6.07, 6.45) is 4.02. The van der Waals surface area contributed by atoms with E-state index in [9.17, 15) is 9.59 Å². The molecule has 2 aromatic heterocycles. The molecule has 0 bridgehead atoms. The van der Waals surface area contributed by atoms with Crippen LogP contribution in [0.15, 0.2) is 54.9 Å². The van der Waals surface area contributed by atoms with Gasteiger partial charge in [0, 0.05) is 39.5 Å². The predicted octanol–water partition coefficient (Wildman–Crippen LogP) is 3.89. The van der Waals surface area contributed by atoms with Crippen LogP contribution in [-0.2, 0) is 17.6 Å². The lowest BCUT2D eigenvalue weighted by molar-refractivity contribution is -0.136. The third-order valence-electron chi connectivity index (χ3n) is 5.30. The minimum absolute atomic E-state index is 0.0188. The molecule has 0 saturated carbocycles. The van der Waals surface area contributed by atoms with E-state index in [1.54, 1.807) is 38.6 Å². The monoisotopic (exact) mass is 462 g/mol. The minimum Gasteiger partial charge on any atom is -0.493 e. The average molecular weight is 463 g/mol. The van der Waals surface area contributed by atoms with Crippen LogP contribution in [0, 0.1) is 6.92 Å². The van der Waals surface area contributed by atoms with Gasteiger partial charge in [-0.3, -0.25) is 9.59 Å². The van der Waals surface area contributed by atoms with Gasteiger partial charge in [0.15, 0.2) is 0 Å². The highest BCUT2D eigenvalue weighted by Crippen LogP contribution is 2.27. The van der Waals surface area contributed by atoms with Gasteiger partial charge in [-0.1, -0.05) is 18.2 Å². The van der Waals surface area contributed by atoms with Crippen molar-refractivity contribution in [3.63, 3.8) is 0 Å². The number of aryl methyl sites for hydroxylation is 1. The molecule has 1 amide bonds. The molecule has 8 nitrogen and oxygen atoms in total. The largest absolute Gasteiger partial charge is 0.493 e. The van der Waals surface area contributed by atoms with Crippen LogP contribution in [-0.4, -0.2) is 59.1 Å². The van der Waals surface area contributed by atoms with Crippen LogP contribution in [0.25, 0.3) is 0 Å². The number of nitrogens with zero attached hydrogens (tertiary/aromatic N) is 4. The highest BCUT2D eigenvalue weighted by atomic mass is 16.5. The first-order valence-electron chi connectivity index (χ1n) is 11.1. The summed E-state index contributed by atoms with van der Waals surface area (Å²) in [7, 11) is 3.44. The van der Waals surface area contributed by atoms with E-state index in [1.165, 1.54) is 4.90 Å². The van der Waals surface area contributed by atoms with E-state index in [2.05, 4.69) is 9.97 Å². The molecule has 3 aromatic rings. The first kappa shape index (κ1) is 24.7. The van der Waals surface area contributed by atoms with Crippen LogP contribution in [0.5, 0.6) is 5.75 Å². The number of amides is 1. The molecular formula is C26H30N4O4. The Labute approximate surface area is 199 Å². The summed E-state index contributed by atoms with van der Waals surface area (Å²) in [5, 5.41) is 8.95. The molecule has 0 fully saturated rings. The van der Waals surface area contributed by atoms with E-state index >= 15 is 0 Å². The number of benzene rings is 1. The molecule has 1 aromatic carbocycles. The normalized spacial score (nSPS) is 10.6. The third-order valence-corrected chi connectivity index (χ3v) is 5.30. The van der Waals surface area contributed by atoms with Gasteiger partial charge in [-0.25, -0.2) is 9.97 Å². The number of carbonyl (C=O) groups excluding carboxylic acids is 1. The summed E-state index contributed by atoms with van der Waals surface area (Å²) >= 11 is 0. The van der Waals surface area contributed by atoms with Gasteiger partial charge in [0.25, 0.3) is 5.91 Å². The van der Waals surface area contributed by atoms with Crippen LogP contribution in [0.1, 0.15) is 34.0 Å². The fourth-order valence-electron chi connectivity index (χ4n) is 3.62. The maximum absolute atomic E-state index is 13.0. The van der Waals surface area contributed by atoms with Crippen molar-refractivity contribution in [2.75, 3.05) is 32.1 Å². The number of pyridine rings is 2. The molecule has 0 saturated heterocycles. The fourth-order valence-corrected chi connectivity index (χ4v) is 3.62. The third kappa shape index (κ3) is 6.10. The Balaban J connectivity index is 1.79. The van der Waals surface area contributed by atoms with Gasteiger partial charge in [0.1, 0.15) is 17.4 Å². The van der Waals surface area contributed by atoms with Crippen molar-refractivity contribution in [3.8, 4) is 5.75 Å². The van der Waals surface area contributed by atoms with E-state index < -0.39 is 5.97 Å². The first-order valence-corrected chi connectivity index (χ1v) is 11.1. The topological polar surface area (TPSA) is 95.9 Å². The number of rotatable bonds is 10. The van der Waals surface area contributed by atoms with Gasteiger partial charge in [-0.05, 0) is 54.8 Å². The minimum atomic E-state index is -0.864. The van der Waals surface area contributed by atoms with Gasteiger partial charge in [0.05, 0.1) is 18.6 Å². The summed E-state index contributed by atoms with van der Waals surface area (Å²) in [6, 6.07) is 12.9. The lowest BCUT2D eigenvalue weighted by atomic mass is 10.1. The van der Waals surface area contributed by atoms with E-state index in [-0.39, 0.29) is 12.3 Å². The Bertz CT molecular complexity index is 1150. The van der Waals surface area contributed by atoms with E-state index in [0.717, 1.165) is 22.5 Å². The molecule has 2 heterocycles. The first-order chi connectivity index (χ1) is 16.3. The van der Waals surface area contributed by atoms with Crippen molar-refractivity contribution in [3.05, 3.63) is 77.1 Å². The van der Waals surface area contributed by atoms with E-state index in [0.29, 0.717) is 36.7 Å². The second-order valence-electron chi connectivity index (χ2n) is 8.12. The van der Waals surface area contributed by atoms with Crippen LogP contribution < -0.4 is 9.64 Å². The second-order valence-corrected chi connectivity index (χ2v) is 8.12. The molecule has 0 aliphatic heterocycles. The molecule has 1 N–H and O–H groups in total. The van der Waals surface area contributed by atoms with Crippen molar-refractivity contribution < 1.29 is 19.4 Å². The Morgan fingerprint density at radius 3 is 2.47 bits per heavy atom. The molecule has 0 unspecified atom stereocenters. The summed E-state index contributed by atoms with van der Waals surface area (Å²) in [5.74, 6) is 0.995. The standard InChI is InChI=1S/C26H30N4O4/c1-5-30(23-8-6-7-12-27-23)25-21(26(33)29(3)4)15-20(17-28-25)11-13-34-22-10-9-19(14-18(22)2)16-24(31)32/h6-10,12,14-15,17H,5,11,13,16H2,1-4H3,(H,31,32). The SMILES string of the molecule is CCN(c1ccccn1)c1ncc(CCOc2ccc(CC(=O)O)cc2C)cc1C(=O)N(C)C. The zero-order valence-electron chi connectivity index (χ0n) is 20.0. The number of aliphatic carboxylic acids is 1. The smallest absolute Gasteiger partial charge is 0.307 e. The molecule has 0 radical (unpaired) electrons. The maximum atomic E-state index is 13.0. The number of hydrogen-bond donors (Lipinski definition) is 1. The molecule has 0 spiro atoms. The maximum Gasteiger partial charge on any atom is 0.307 e. The Morgan fingerprint density at radius 1 is 1.06 bits per heavy atom. The van der Waals surface area contributed by atoms with E-state index in [1.807, 2.05) is 49.1 Å². The zero-order chi connectivity index (χ0) is 24.7. The Morgan fingerprint density at radius 2 is 1.85 bits per heavy atom. The molecular weight excluding hydrogens is 432 g/mol. The van der Waals surface area contributed by atoms with Crippen molar-refractivity contribution >= 4 is 23.5 Å². The molecule has 178 valence electrons. The zero-order valence-corrected chi connectivity index (χ0v) is 20.0. The van der Waals surface area contributed by atoms with Gasteiger partial charge in [0.2, 0.25) is 0 Å². The number of ether oxygens (including phenoxy) is 1. The molecule has 0 aliphatic rings. The lowest BCUT2D eigenvalue weighted by Crippen LogP contribution is -2.27. The summed E-state index contributed by atoms with van der Waals surface area (Å²) < 4.78 is 5.93. The van der Waals surface area contributed by atoms with Crippen molar-refractivity contribution in [2.24, 2.45) is 0 Å². The summed E-state index contributed by atoms with van der Waals surface area (Å²) in [5.41, 5.74) is 3.00. The van der Waals surface area contributed by atoms with Crippen LogP contribution in [0.2, 0.25) is 0 Å². The number of carbonyl (C=O) groups is 2. The highest BCUT2D eigenvalue weighted by molar-refractivity contribution is 5.99. The summed E-state index contributed by atoms with van der Waals surface area (Å²) in [6.45, 7) is 4.89. The van der Waals surface area contributed by atoms with E-state index in [4.69, 9.17) is 9.84 Å².